The lowest BCUT2D eigenvalue weighted by Gasteiger charge is -2.37. The van der Waals surface area contributed by atoms with Crippen LogP contribution < -0.4 is 0 Å². The molecule has 0 bridgehead atoms. The predicted octanol–water partition coefficient (Wildman–Crippen LogP) is 4.51. The zero-order chi connectivity index (χ0) is 15.6. The molecule has 1 atom stereocenters. The second-order valence-electron chi connectivity index (χ2n) is 4.87. The Bertz CT molecular complexity index is 232. The Hall–Kier alpha value is -0.330. The predicted molar refractivity (Wildman–Crippen MR) is 71.3 cm³/mol. The molecule has 0 rings (SSSR count). The summed E-state index contributed by atoms with van der Waals surface area (Å²) in [6, 6.07) is 0. The van der Waals surface area contributed by atoms with Crippen LogP contribution in [-0.4, -0.2) is 33.5 Å². The number of halogens is 3. The minimum absolute atomic E-state index is 0.0643. The molecule has 0 saturated heterocycles. The maximum Gasteiger partial charge on any atom is 0.399 e. The van der Waals surface area contributed by atoms with Gasteiger partial charge in [0.2, 0.25) is 0 Å². The van der Waals surface area contributed by atoms with Gasteiger partial charge in [0.15, 0.2) is 0 Å². The molecule has 0 aliphatic heterocycles. The lowest BCUT2D eigenvalue weighted by molar-refractivity contribution is -0.416. The van der Waals surface area contributed by atoms with Gasteiger partial charge in [0.1, 0.15) is 5.92 Å². The van der Waals surface area contributed by atoms with Gasteiger partial charge < -0.3 is 14.2 Å². The average molecular weight is 300 g/mol. The van der Waals surface area contributed by atoms with Crippen molar-refractivity contribution in [1.29, 1.82) is 0 Å². The largest absolute Gasteiger partial charge is 0.399 e. The Balaban J connectivity index is 4.51. The van der Waals surface area contributed by atoms with E-state index in [0.29, 0.717) is 6.42 Å². The van der Waals surface area contributed by atoms with Crippen molar-refractivity contribution < 1.29 is 27.4 Å². The van der Waals surface area contributed by atoms with Crippen LogP contribution in [0.15, 0.2) is 0 Å². The Labute approximate surface area is 119 Å². The summed E-state index contributed by atoms with van der Waals surface area (Å²) in [5.41, 5.74) is 0. The first-order valence-electron chi connectivity index (χ1n) is 7.10. The van der Waals surface area contributed by atoms with Crippen LogP contribution in [0.2, 0.25) is 0 Å². The van der Waals surface area contributed by atoms with Crippen LogP contribution in [0.25, 0.3) is 0 Å². The van der Waals surface area contributed by atoms with Crippen LogP contribution in [0, 0.1) is 5.92 Å². The third-order valence-electron chi connectivity index (χ3n) is 3.52. The summed E-state index contributed by atoms with van der Waals surface area (Å²) in [5, 5.41) is 0. The van der Waals surface area contributed by atoms with Crippen molar-refractivity contribution in [2.75, 3.05) is 21.3 Å². The molecule has 0 aromatic heterocycles. The second-order valence-corrected chi connectivity index (χ2v) is 4.87. The van der Waals surface area contributed by atoms with Gasteiger partial charge in [-0.05, 0) is 6.42 Å². The summed E-state index contributed by atoms with van der Waals surface area (Å²) < 4.78 is 54.1. The van der Waals surface area contributed by atoms with E-state index in [1.165, 1.54) is 0 Å². The Morgan fingerprint density at radius 3 is 1.65 bits per heavy atom. The van der Waals surface area contributed by atoms with Crippen LogP contribution >= 0.6 is 0 Å². The molecule has 0 N–H and O–H groups in total. The van der Waals surface area contributed by atoms with Crippen molar-refractivity contribution >= 4 is 0 Å². The molecule has 6 heteroatoms. The topological polar surface area (TPSA) is 27.7 Å². The van der Waals surface area contributed by atoms with Crippen LogP contribution in [0.1, 0.15) is 51.9 Å². The van der Waals surface area contributed by atoms with Gasteiger partial charge in [-0.25, -0.2) is 0 Å². The molecule has 0 spiro atoms. The van der Waals surface area contributed by atoms with E-state index in [1.807, 2.05) is 0 Å². The van der Waals surface area contributed by atoms with Crippen molar-refractivity contribution in [3.05, 3.63) is 0 Å². The highest BCUT2D eigenvalue weighted by Crippen LogP contribution is 2.40. The van der Waals surface area contributed by atoms with Crippen molar-refractivity contribution in [3.63, 3.8) is 0 Å². The van der Waals surface area contributed by atoms with Gasteiger partial charge in [-0.3, -0.25) is 0 Å². The third-order valence-corrected chi connectivity index (χ3v) is 3.52. The number of ether oxygens (including phenoxy) is 3. The van der Waals surface area contributed by atoms with Crippen molar-refractivity contribution in [3.8, 4) is 0 Å². The van der Waals surface area contributed by atoms with Crippen LogP contribution in [-0.2, 0) is 14.2 Å². The molecule has 0 heterocycles. The van der Waals surface area contributed by atoms with E-state index in [4.69, 9.17) is 14.2 Å². The van der Waals surface area contributed by atoms with E-state index in [9.17, 15) is 13.2 Å². The Morgan fingerprint density at radius 1 is 0.800 bits per heavy atom. The van der Waals surface area contributed by atoms with E-state index in [2.05, 4.69) is 6.92 Å². The quantitative estimate of drug-likeness (QED) is 0.415. The summed E-state index contributed by atoms with van der Waals surface area (Å²) in [4.78, 5) is 0. The van der Waals surface area contributed by atoms with E-state index in [-0.39, 0.29) is 6.42 Å². The summed E-state index contributed by atoms with van der Waals surface area (Å²) in [6.07, 6.45) is 1.03. The lowest BCUT2D eigenvalue weighted by Crippen LogP contribution is -2.50. The van der Waals surface area contributed by atoms with Gasteiger partial charge in [0, 0.05) is 21.3 Å². The fourth-order valence-corrected chi connectivity index (χ4v) is 2.35. The fraction of sp³-hybridized carbons (Fsp3) is 1.00. The molecule has 0 amide bonds. The molecule has 0 aromatic rings. The molecule has 0 aromatic carbocycles. The lowest BCUT2D eigenvalue weighted by atomic mass is 9.97. The Morgan fingerprint density at radius 2 is 1.25 bits per heavy atom. The molecule has 122 valence electrons. The van der Waals surface area contributed by atoms with Gasteiger partial charge >= 0.3 is 6.18 Å². The van der Waals surface area contributed by atoms with Crippen molar-refractivity contribution in [1.82, 2.24) is 0 Å². The number of rotatable bonds is 11. The van der Waals surface area contributed by atoms with Gasteiger partial charge in [-0.2, -0.15) is 13.2 Å². The van der Waals surface area contributed by atoms with Gasteiger partial charge in [0.05, 0.1) is 0 Å². The van der Waals surface area contributed by atoms with Crippen molar-refractivity contribution in [2.45, 2.75) is 64.0 Å². The molecular weight excluding hydrogens is 273 g/mol. The van der Waals surface area contributed by atoms with Crippen LogP contribution in [0.5, 0.6) is 0 Å². The zero-order valence-corrected chi connectivity index (χ0v) is 12.9. The first kappa shape index (κ1) is 19.7. The van der Waals surface area contributed by atoms with Crippen LogP contribution in [0.3, 0.4) is 0 Å². The fourth-order valence-electron chi connectivity index (χ4n) is 2.35. The van der Waals surface area contributed by atoms with E-state index < -0.39 is 18.1 Å². The van der Waals surface area contributed by atoms with E-state index in [0.717, 1.165) is 53.4 Å². The summed E-state index contributed by atoms with van der Waals surface area (Å²) in [5.74, 6) is -3.84. The molecule has 1 unspecified atom stereocenters. The molecule has 0 aliphatic rings. The number of methoxy groups -OCH3 is 3. The third kappa shape index (κ3) is 5.97. The maximum atomic E-state index is 13.2. The van der Waals surface area contributed by atoms with E-state index >= 15 is 0 Å². The summed E-state index contributed by atoms with van der Waals surface area (Å²) in [7, 11) is 3.48. The first-order valence-corrected chi connectivity index (χ1v) is 7.10. The molecule has 0 aliphatic carbocycles. The molecule has 3 nitrogen and oxygen atoms in total. The number of unbranched alkanes of at least 4 members (excludes halogenated alkanes) is 5. The zero-order valence-electron chi connectivity index (χ0n) is 12.9. The maximum absolute atomic E-state index is 13.2. The highest BCUT2D eigenvalue weighted by molar-refractivity contribution is 4.78. The van der Waals surface area contributed by atoms with Gasteiger partial charge in [-0.15, -0.1) is 0 Å². The highest BCUT2D eigenvalue weighted by atomic mass is 19.4. The SMILES string of the molecule is CCCCCCCCC(C(F)(F)F)C(OC)(OC)OC. The minimum atomic E-state index is -4.43. The molecule has 0 fully saturated rings. The monoisotopic (exact) mass is 300 g/mol. The minimum Gasteiger partial charge on any atom is -0.330 e. The average Bonchev–Trinajstić information content (AvgIpc) is 2.41. The second kappa shape index (κ2) is 9.58. The van der Waals surface area contributed by atoms with Gasteiger partial charge in [0.25, 0.3) is 5.97 Å². The summed E-state index contributed by atoms with van der Waals surface area (Å²) >= 11 is 0. The smallest absolute Gasteiger partial charge is 0.330 e. The molecule has 0 saturated carbocycles. The molecule has 0 radical (unpaired) electrons. The summed E-state index contributed by atoms with van der Waals surface area (Å²) in [6.45, 7) is 2.10. The standard InChI is InChI=1S/C14H27F3O3/c1-5-6-7-8-9-10-11-12(13(15,16)17)14(18-2,19-3)20-4/h12H,5-11H2,1-4H3. The van der Waals surface area contributed by atoms with Crippen LogP contribution in [0.4, 0.5) is 13.2 Å². The first-order chi connectivity index (χ1) is 9.37. The van der Waals surface area contributed by atoms with E-state index in [1.54, 1.807) is 0 Å². The number of hydrogen-bond donors (Lipinski definition) is 0. The highest BCUT2D eigenvalue weighted by Gasteiger charge is 2.55. The Kier molecular flexibility index (Phi) is 9.42. The number of alkyl halides is 3. The van der Waals surface area contributed by atoms with Gasteiger partial charge in [-0.1, -0.05) is 45.4 Å². The van der Waals surface area contributed by atoms with Crippen molar-refractivity contribution in [2.24, 2.45) is 5.92 Å². The molecular formula is C14H27F3O3. The molecule has 20 heavy (non-hydrogen) atoms. The normalized spacial score (nSPS) is 14.6. The number of hydrogen-bond acceptors (Lipinski definition) is 3.